The van der Waals surface area contributed by atoms with E-state index in [0.717, 1.165) is 32.4 Å². The van der Waals surface area contributed by atoms with E-state index in [1.54, 1.807) is 23.1 Å². The fourth-order valence-corrected chi connectivity index (χ4v) is 2.63. The van der Waals surface area contributed by atoms with Gasteiger partial charge < -0.3 is 14.9 Å². The summed E-state index contributed by atoms with van der Waals surface area (Å²) in [5, 5.41) is 8.85. The van der Waals surface area contributed by atoms with Crippen LogP contribution >= 0.6 is 0 Å². The SMILES string of the molecule is O=C(O)CCN(CC(=O)N1CCCCC1)c1ccccc1F. The predicted octanol–water partition coefficient (Wildman–Crippen LogP) is 2.12. The summed E-state index contributed by atoms with van der Waals surface area (Å²) in [6.45, 7) is 1.57. The van der Waals surface area contributed by atoms with E-state index < -0.39 is 11.8 Å². The van der Waals surface area contributed by atoms with Crippen LogP contribution in [-0.2, 0) is 9.59 Å². The largest absolute Gasteiger partial charge is 0.481 e. The van der Waals surface area contributed by atoms with Gasteiger partial charge in [0.05, 0.1) is 18.7 Å². The maximum atomic E-state index is 13.9. The van der Waals surface area contributed by atoms with Gasteiger partial charge in [0.25, 0.3) is 0 Å². The lowest BCUT2D eigenvalue weighted by Gasteiger charge is -2.31. The molecule has 5 nitrogen and oxygen atoms in total. The molecule has 2 rings (SSSR count). The number of benzene rings is 1. The number of anilines is 1. The zero-order valence-electron chi connectivity index (χ0n) is 12.5. The summed E-state index contributed by atoms with van der Waals surface area (Å²) in [4.78, 5) is 26.4. The summed E-state index contributed by atoms with van der Waals surface area (Å²) in [5.74, 6) is -1.49. The van der Waals surface area contributed by atoms with E-state index >= 15 is 0 Å². The summed E-state index contributed by atoms with van der Waals surface area (Å²) in [7, 11) is 0. The van der Waals surface area contributed by atoms with Gasteiger partial charge in [-0.25, -0.2) is 4.39 Å². The molecule has 0 radical (unpaired) electrons. The van der Waals surface area contributed by atoms with Gasteiger partial charge in [-0.05, 0) is 31.4 Å². The van der Waals surface area contributed by atoms with E-state index in [4.69, 9.17) is 5.11 Å². The summed E-state index contributed by atoms with van der Waals surface area (Å²) < 4.78 is 13.9. The minimum Gasteiger partial charge on any atom is -0.481 e. The number of carboxylic acid groups (broad SMARTS) is 1. The van der Waals surface area contributed by atoms with Crippen molar-refractivity contribution in [1.29, 1.82) is 0 Å². The lowest BCUT2D eigenvalue weighted by molar-refractivity contribution is -0.137. The molecule has 1 saturated heterocycles. The lowest BCUT2D eigenvalue weighted by Crippen LogP contribution is -2.43. The summed E-state index contributed by atoms with van der Waals surface area (Å²) in [6, 6.07) is 6.13. The monoisotopic (exact) mass is 308 g/mol. The normalized spacial score (nSPS) is 14.7. The Balaban J connectivity index is 2.08. The first kappa shape index (κ1) is 16.3. The fraction of sp³-hybridized carbons (Fsp3) is 0.500. The standard InChI is InChI=1S/C16H21FN2O3/c17-13-6-2-3-7-14(13)19(11-8-16(21)22)12-15(20)18-9-4-1-5-10-18/h2-3,6-7H,1,4-5,8-12H2,(H,21,22). The van der Waals surface area contributed by atoms with Gasteiger partial charge >= 0.3 is 5.97 Å². The highest BCUT2D eigenvalue weighted by Crippen LogP contribution is 2.19. The number of rotatable bonds is 6. The van der Waals surface area contributed by atoms with Crippen LogP contribution in [0.15, 0.2) is 24.3 Å². The Morgan fingerprint density at radius 3 is 2.50 bits per heavy atom. The Morgan fingerprint density at radius 1 is 1.18 bits per heavy atom. The summed E-state index contributed by atoms with van der Waals surface area (Å²) in [5.41, 5.74) is 0.272. The molecule has 6 heteroatoms. The molecule has 0 bridgehead atoms. The Kier molecular flexibility index (Phi) is 5.75. The van der Waals surface area contributed by atoms with Crippen LogP contribution in [0.4, 0.5) is 10.1 Å². The van der Waals surface area contributed by atoms with Crippen LogP contribution in [0, 0.1) is 5.82 Å². The molecule has 1 aliphatic heterocycles. The molecule has 0 atom stereocenters. The van der Waals surface area contributed by atoms with Crippen molar-refractivity contribution in [2.24, 2.45) is 0 Å². The first-order valence-corrected chi connectivity index (χ1v) is 7.57. The topological polar surface area (TPSA) is 60.9 Å². The zero-order chi connectivity index (χ0) is 15.9. The number of halogens is 1. The molecule has 22 heavy (non-hydrogen) atoms. The van der Waals surface area contributed by atoms with Crippen molar-refractivity contribution in [2.75, 3.05) is 31.1 Å². The highest BCUT2D eigenvalue weighted by Gasteiger charge is 2.21. The minimum atomic E-state index is -0.966. The molecule has 0 unspecified atom stereocenters. The molecule has 1 heterocycles. The second-order valence-electron chi connectivity index (χ2n) is 5.46. The number of piperidine rings is 1. The molecule has 1 N–H and O–H groups in total. The first-order valence-electron chi connectivity index (χ1n) is 7.57. The highest BCUT2D eigenvalue weighted by atomic mass is 19.1. The molecule has 1 aromatic carbocycles. The van der Waals surface area contributed by atoms with Crippen molar-refractivity contribution >= 4 is 17.6 Å². The molecular formula is C16H21FN2O3. The van der Waals surface area contributed by atoms with Crippen LogP contribution in [-0.4, -0.2) is 48.1 Å². The maximum Gasteiger partial charge on any atom is 0.305 e. The van der Waals surface area contributed by atoms with Gasteiger partial charge in [-0.15, -0.1) is 0 Å². The first-order chi connectivity index (χ1) is 10.6. The van der Waals surface area contributed by atoms with E-state index in [1.807, 2.05) is 0 Å². The molecule has 0 spiro atoms. The van der Waals surface area contributed by atoms with E-state index in [1.165, 1.54) is 11.0 Å². The number of likely N-dealkylation sites (tertiary alicyclic amines) is 1. The van der Waals surface area contributed by atoms with Crippen LogP contribution in [0.1, 0.15) is 25.7 Å². The van der Waals surface area contributed by atoms with Crippen molar-refractivity contribution in [3.05, 3.63) is 30.1 Å². The van der Waals surface area contributed by atoms with E-state index in [9.17, 15) is 14.0 Å². The number of carbonyl (C=O) groups excluding carboxylic acids is 1. The van der Waals surface area contributed by atoms with Crippen LogP contribution < -0.4 is 4.90 Å². The number of carboxylic acids is 1. The average molecular weight is 308 g/mol. The van der Waals surface area contributed by atoms with Gasteiger partial charge in [0.2, 0.25) is 5.91 Å². The van der Waals surface area contributed by atoms with Gasteiger partial charge in [0.1, 0.15) is 5.82 Å². The third-order valence-corrected chi connectivity index (χ3v) is 3.82. The summed E-state index contributed by atoms with van der Waals surface area (Å²) >= 11 is 0. The smallest absolute Gasteiger partial charge is 0.305 e. The molecular weight excluding hydrogens is 287 g/mol. The highest BCUT2D eigenvalue weighted by molar-refractivity contribution is 5.82. The van der Waals surface area contributed by atoms with Gasteiger partial charge in [-0.3, -0.25) is 9.59 Å². The van der Waals surface area contributed by atoms with Crippen molar-refractivity contribution in [3.8, 4) is 0 Å². The van der Waals surface area contributed by atoms with Crippen molar-refractivity contribution in [2.45, 2.75) is 25.7 Å². The van der Waals surface area contributed by atoms with Crippen molar-refractivity contribution in [3.63, 3.8) is 0 Å². The van der Waals surface area contributed by atoms with Gasteiger partial charge in [-0.1, -0.05) is 12.1 Å². The summed E-state index contributed by atoms with van der Waals surface area (Å²) in [6.07, 6.45) is 2.96. The van der Waals surface area contributed by atoms with Crippen LogP contribution in [0.3, 0.4) is 0 Å². The van der Waals surface area contributed by atoms with Gasteiger partial charge in [-0.2, -0.15) is 0 Å². The maximum absolute atomic E-state index is 13.9. The number of hydrogen-bond donors (Lipinski definition) is 1. The Morgan fingerprint density at radius 2 is 1.86 bits per heavy atom. The van der Waals surface area contributed by atoms with Crippen molar-refractivity contribution < 1.29 is 19.1 Å². The Hall–Kier alpha value is -2.11. The fourth-order valence-electron chi connectivity index (χ4n) is 2.63. The van der Waals surface area contributed by atoms with E-state index in [2.05, 4.69) is 0 Å². The molecule has 1 aromatic rings. The third-order valence-electron chi connectivity index (χ3n) is 3.82. The van der Waals surface area contributed by atoms with Crippen LogP contribution in [0.2, 0.25) is 0 Å². The second-order valence-corrected chi connectivity index (χ2v) is 5.46. The third kappa shape index (κ3) is 4.44. The second kappa shape index (κ2) is 7.77. The number of amides is 1. The lowest BCUT2D eigenvalue weighted by atomic mass is 10.1. The van der Waals surface area contributed by atoms with Crippen molar-refractivity contribution in [1.82, 2.24) is 4.90 Å². The molecule has 0 saturated carbocycles. The Labute approximate surface area is 129 Å². The number of hydrogen-bond acceptors (Lipinski definition) is 3. The van der Waals surface area contributed by atoms with E-state index in [0.29, 0.717) is 0 Å². The minimum absolute atomic E-state index is 0.00815. The van der Waals surface area contributed by atoms with Crippen LogP contribution in [0.25, 0.3) is 0 Å². The number of para-hydroxylation sites is 1. The molecule has 120 valence electrons. The predicted molar refractivity (Wildman–Crippen MR) is 81.3 cm³/mol. The number of aliphatic carboxylic acids is 1. The van der Waals surface area contributed by atoms with Crippen LogP contribution in [0.5, 0.6) is 0 Å². The number of carbonyl (C=O) groups is 2. The number of nitrogens with zero attached hydrogens (tertiary/aromatic N) is 2. The molecule has 1 amide bonds. The molecule has 0 aliphatic carbocycles. The molecule has 1 aliphatic rings. The van der Waals surface area contributed by atoms with E-state index in [-0.39, 0.29) is 31.1 Å². The van der Waals surface area contributed by atoms with Gasteiger partial charge in [0.15, 0.2) is 0 Å². The van der Waals surface area contributed by atoms with Gasteiger partial charge in [0, 0.05) is 19.6 Å². The quantitative estimate of drug-likeness (QED) is 0.874. The Bertz CT molecular complexity index is 530. The molecule has 0 aromatic heterocycles. The average Bonchev–Trinajstić information content (AvgIpc) is 2.52. The zero-order valence-corrected chi connectivity index (χ0v) is 12.5. The molecule has 1 fully saturated rings.